The first kappa shape index (κ1) is 24.5. The molecule has 0 aliphatic heterocycles. The molecule has 0 aliphatic rings. The van der Waals surface area contributed by atoms with E-state index in [2.05, 4.69) is 44.9 Å². The van der Waals surface area contributed by atoms with Crippen molar-refractivity contribution >= 4 is 32.9 Å². The van der Waals surface area contributed by atoms with Gasteiger partial charge in [-0.3, -0.25) is 4.79 Å². The van der Waals surface area contributed by atoms with Crippen LogP contribution >= 0.6 is 15.9 Å². The lowest BCUT2D eigenvalue weighted by molar-refractivity contribution is 0.0949. The van der Waals surface area contributed by atoms with Crippen LogP contribution in [0, 0.1) is 0 Å². The monoisotopic (exact) mass is 497 g/mol. The van der Waals surface area contributed by atoms with Gasteiger partial charge in [-0.1, -0.05) is 92.8 Å². The normalized spacial score (nSPS) is 11.2. The van der Waals surface area contributed by atoms with Crippen LogP contribution in [0.15, 0.2) is 53.0 Å². The van der Waals surface area contributed by atoms with Gasteiger partial charge in [-0.15, -0.1) is 0 Å². The van der Waals surface area contributed by atoms with Crippen LogP contribution in [0.25, 0.3) is 11.0 Å². The fourth-order valence-corrected chi connectivity index (χ4v) is 4.39. The fraction of sp³-hybridized carbons (Fsp3) is 0.481. The minimum atomic E-state index is -0.0740. The third-order valence-electron chi connectivity index (χ3n) is 5.98. The van der Waals surface area contributed by atoms with Crippen LogP contribution < -0.4 is 5.32 Å². The first-order valence-electron chi connectivity index (χ1n) is 12.2. The number of amides is 1. The summed E-state index contributed by atoms with van der Waals surface area (Å²) in [6.45, 7) is 3.65. The van der Waals surface area contributed by atoms with Crippen LogP contribution in [0.5, 0.6) is 0 Å². The summed E-state index contributed by atoms with van der Waals surface area (Å²) < 4.78 is 3.24. The van der Waals surface area contributed by atoms with E-state index in [0.717, 1.165) is 34.3 Å². The van der Waals surface area contributed by atoms with E-state index in [1.54, 1.807) is 0 Å². The number of nitrogens with one attached hydrogen (secondary N) is 1. The Bertz CT molecular complexity index is 965. The molecule has 0 unspecified atom stereocenters. The van der Waals surface area contributed by atoms with Gasteiger partial charge in [0.2, 0.25) is 0 Å². The number of hydrogen-bond donors (Lipinski definition) is 1. The van der Waals surface area contributed by atoms with Gasteiger partial charge in [0.15, 0.2) is 0 Å². The van der Waals surface area contributed by atoms with Gasteiger partial charge in [-0.05, 0) is 42.8 Å². The quantitative estimate of drug-likeness (QED) is 0.232. The Hall–Kier alpha value is -2.14. The third-order valence-corrected chi connectivity index (χ3v) is 6.51. The average Bonchev–Trinajstić information content (AvgIpc) is 3.16. The number of fused-ring (bicyclic) bond motifs is 1. The Labute approximate surface area is 200 Å². The highest BCUT2D eigenvalue weighted by Crippen LogP contribution is 2.18. The number of carbonyl (C=O) groups excluding carboxylic acids is 1. The lowest BCUT2D eigenvalue weighted by Crippen LogP contribution is -2.24. The maximum Gasteiger partial charge on any atom is 0.251 e. The molecule has 0 atom stereocenters. The number of imidazole rings is 1. The molecule has 1 N–H and O–H groups in total. The number of rotatable bonds is 14. The van der Waals surface area contributed by atoms with Gasteiger partial charge in [0.25, 0.3) is 5.91 Å². The van der Waals surface area contributed by atoms with Crippen molar-refractivity contribution < 1.29 is 4.79 Å². The lowest BCUT2D eigenvalue weighted by atomic mass is 10.1. The smallest absolute Gasteiger partial charge is 0.251 e. The Morgan fingerprint density at radius 2 is 1.50 bits per heavy atom. The number of benzene rings is 2. The molecule has 2 aromatic carbocycles. The van der Waals surface area contributed by atoms with Gasteiger partial charge < -0.3 is 9.88 Å². The highest BCUT2D eigenvalue weighted by atomic mass is 79.9. The van der Waals surface area contributed by atoms with Gasteiger partial charge in [-0.2, -0.15) is 0 Å². The van der Waals surface area contributed by atoms with Gasteiger partial charge in [0.05, 0.1) is 17.6 Å². The van der Waals surface area contributed by atoms with Crippen molar-refractivity contribution in [1.29, 1.82) is 0 Å². The van der Waals surface area contributed by atoms with Crippen molar-refractivity contribution in [2.75, 3.05) is 0 Å². The summed E-state index contributed by atoms with van der Waals surface area (Å²) in [5.41, 5.74) is 2.80. The molecule has 3 aromatic rings. The molecule has 0 bridgehead atoms. The van der Waals surface area contributed by atoms with Crippen molar-refractivity contribution in [2.24, 2.45) is 0 Å². The predicted molar refractivity (Wildman–Crippen MR) is 137 cm³/mol. The van der Waals surface area contributed by atoms with Crippen LogP contribution in [0.1, 0.15) is 87.3 Å². The fourth-order valence-electron chi connectivity index (χ4n) is 4.13. The Kier molecular flexibility index (Phi) is 10.3. The molecular formula is C27H36BrN3O. The van der Waals surface area contributed by atoms with E-state index in [4.69, 9.17) is 4.98 Å². The van der Waals surface area contributed by atoms with Gasteiger partial charge in [0.1, 0.15) is 5.82 Å². The maximum absolute atomic E-state index is 12.5. The predicted octanol–water partition coefficient (Wildman–Crippen LogP) is 7.65. The maximum atomic E-state index is 12.5. The minimum Gasteiger partial charge on any atom is -0.345 e. The van der Waals surface area contributed by atoms with Crippen LogP contribution in [0.3, 0.4) is 0 Å². The lowest BCUT2D eigenvalue weighted by Gasteiger charge is -2.10. The summed E-state index contributed by atoms with van der Waals surface area (Å²) >= 11 is 3.41. The van der Waals surface area contributed by atoms with Crippen molar-refractivity contribution in [2.45, 2.75) is 84.2 Å². The molecule has 1 amide bonds. The molecule has 1 aromatic heterocycles. The second-order valence-electron chi connectivity index (χ2n) is 8.54. The van der Waals surface area contributed by atoms with E-state index in [0.29, 0.717) is 12.1 Å². The summed E-state index contributed by atoms with van der Waals surface area (Å²) in [6, 6.07) is 15.7. The summed E-state index contributed by atoms with van der Waals surface area (Å²) in [7, 11) is 0. The number of carbonyl (C=O) groups is 1. The van der Waals surface area contributed by atoms with Crippen molar-refractivity contribution in [3.63, 3.8) is 0 Å². The standard InChI is InChI=1S/C27H36BrN3O/c1-2-3-4-5-6-7-8-9-10-13-20-31-25-15-12-11-14-24(25)30-26(31)21-29-27(32)22-16-18-23(28)19-17-22/h11-12,14-19H,2-10,13,20-21H2,1H3,(H,29,32). The van der Waals surface area contributed by atoms with E-state index in [9.17, 15) is 4.79 Å². The van der Waals surface area contributed by atoms with E-state index in [-0.39, 0.29) is 5.91 Å². The number of halogens is 1. The van der Waals surface area contributed by atoms with E-state index in [1.807, 2.05) is 36.4 Å². The average molecular weight is 499 g/mol. The molecule has 3 rings (SSSR count). The molecule has 32 heavy (non-hydrogen) atoms. The molecule has 0 saturated carbocycles. The molecule has 0 saturated heterocycles. The van der Waals surface area contributed by atoms with Crippen LogP contribution in [0.2, 0.25) is 0 Å². The van der Waals surface area contributed by atoms with E-state index < -0.39 is 0 Å². The zero-order valence-electron chi connectivity index (χ0n) is 19.3. The van der Waals surface area contributed by atoms with Crippen LogP contribution in [-0.2, 0) is 13.1 Å². The second-order valence-corrected chi connectivity index (χ2v) is 9.46. The molecule has 5 heteroatoms. The SMILES string of the molecule is CCCCCCCCCCCCn1c(CNC(=O)c2ccc(Br)cc2)nc2ccccc21. The molecule has 1 heterocycles. The van der Waals surface area contributed by atoms with Crippen molar-refractivity contribution in [1.82, 2.24) is 14.9 Å². The third kappa shape index (κ3) is 7.47. The first-order chi connectivity index (χ1) is 15.7. The number of nitrogens with zero attached hydrogens (tertiary/aromatic N) is 2. The molecule has 0 fully saturated rings. The van der Waals surface area contributed by atoms with Gasteiger partial charge in [0, 0.05) is 16.6 Å². The van der Waals surface area contributed by atoms with Crippen LogP contribution in [0.4, 0.5) is 0 Å². The summed E-state index contributed by atoms with van der Waals surface area (Å²) in [6.07, 6.45) is 13.3. The highest BCUT2D eigenvalue weighted by Gasteiger charge is 2.12. The van der Waals surface area contributed by atoms with Crippen LogP contribution in [-0.4, -0.2) is 15.5 Å². The van der Waals surface area contributed by atoms with Crippen molar-refractivity contribution in [3.8, 4) is 0 Å². The minimum absolute atomic E-state index is 0.0740. The topological polar surface area (TPSA) is 46.9 Å². The Morgan fingerprint density at radius 1 is 0.875 bits per heavy atom. The molecule has 172 valence electrons. The first-order valence-corrected chi connectivity index (χ1v) is 13.0. The molecule has 4 nitrogen and oxygen atoms in total. The second kappa shape index (κ2) is 13.4. The summed E-state index contributed by atoms with van der Waals surface area (Å²) in [5, 5.41) is 3.04. The largest absolute Gasteiger partial charge is 0.345 e. The Morgan fingerprint density at radius 3 is 2.19 bits per heavy atom. The van der Waals surface area contributed by atoms with Gasteiger partial charge in [-0.25, -0.2) is 4.98 Å². The van der Waals surface area contributed by atoms with E-state index in [1.165, 1.54) is 57.8 Å². The zero-order valence-corrected chi connectivity index (χ0v) is 20.9. The number of aryl methyl sites for hydroxylation is 1. The molecule has 0 spiro atoms. The Balaban J connectivity index is 1.49. The highest BCUT2D eigenvalue weighted by molar-refractivity contribution is 9.10. The number of unbranched alkanes of at least 4 members (excludes halogenated alkanes) is 9. The summed E-state index contributed by atoms with van der Waals surface area (Å²) in [5.74, 6) is 0.850. The molecule has 0 aliphatic carbocycles. The zero-order chi connectivity index (χ0) is 22.6. The van der Waals surface area contributed by atoms with Crippen molar-refractivity contribution in [3.05, 3.63) is 64.4 Å². The molecular weight excluding hydrogens is 462 g/mol. The molecule has 0 radical (unpaired) electrons. The number of hydrogen-bond acceptors (Lipinski definition) is 2. The van der Waals surface area contributed by atoms with E-state index >= 15 is 0 Å². The summed E-state index contributed by atoms with van der Waals surface area (Å²) in [4.78, 5) is 17.3. The number of aromatic nitrogens is 2. The number of para-hydroxylation sites is 2. The van der Waals surface area contributed by atoms with Gasteiger partial charge >= 0.3 is 0 Å².